The Balaban J connectivity index is 1.83. The predicted molar refractivity (Wildman–Crippen MR) is 93.8 cm³/mol. The average molecular weight is 356 g/mol. The highest BCUT2D eigenvalue weighted by Gasteiger charge is 2.12. The lowest BCUT2D eigenvalue weighted by atomic mass is 10.1. The van der Waals surface area contributed by atoms with Crippen molar-refractivity contribution in [2.75, 3.05) is 12.4 Å². The summed E-state index contributed by atoms with van der Waals surface area (Å²) in [5.74, 6) is 0.450. The van der Waals surface area contributed by atoms with E-state index in [0.717, 1.165) is 5.56 Å². The molecule has 0 saturated carbocycles. The summed E-state index contributed by atoms with van der Waals surface area (Å²) in [6.07, 6.45) is 7.66. The van der Waals surface area contributed by atoms with E-state index in [-0.39, 0.29) is 5.91 Å². The smallest absolute Gasteiger partial charge is 0.257 e. The average Bonchev–Trinajstić information content (AvgIpc) is 2.62. The number of carbonyl (C=O) groups is 1. The topological polar surface area (TPSA) is 89.9 Å². The Hall–Kier alpha value is -3.06. The summed E-state index contributed by atoms with van der Waals surface area (Å²) in [7, 11) is 1.51. The van der Waals surface area contributed by atoms with Crippen molar-refractivity contribution < 1.29 is 9.53 Å². The second-order valence-corrected chi connectivity index (χ2v) is 5.58. The van der Waals surface area contributed by atoms with Crippen molar-refractivity contribution in [2.24, 2.45) is 0 Å². The lowest BCUT2D eigenvalue weighted by molar-refractivity contribution is 0.102. The molecule has 0 fully saturated rings. The molecule has 0 aliphatic carbocycles. The SMILES string of the molecule is COc1ncc(Cl)cc1-c1cnc(NC(=O)c2ccncc2C)cn1. The van der Waals surface area contributed by atoms with Crippen LogP contribution in [-0.2, 0) is 0 Å². The highest BCUT2D eigenvalue weighted by molar-refractivity contribution is 6.30. The number of hydrogen-bond donors (Lipinski definition) is 1. The van der Waals surface area contributed by atoms with Crippen LogP contribution in [0.15, 0.2) is 43.1 Å². The number of hydrogen-bond acceptors (Lipinski definition) is 6. The van der Waals surface area contributed by atoms with Crippen LogP contribution in [0.1, 0.15) is 15.9 Å². The number of aryl methyl sites for hydroxylation is 1. The molecule has 8 heteroatoms. The van der Waals surface area contributed by atoms with Gasteiger partial charge in [0.05, 0.1) is 35.8 Å². The maximum absolute atomic E-state index is 12.3. The molecule has 0 saturated heterocycles. The monoisotopic (exact) mass is 355 g/mol. The van der Waals surface area contributed by atoms with Crippen molar-refractivity contribution >= 4 is 23.3 Å². The molecule has 0 radical (unpaired) electrons. The standard InChI is InChI=1S/C17H14ClN5O2/c1-10-6-19-4-3-12(10)16(24)23-15-9-20-14(8-21-15)13-5-11(18)7-22-17(13)25-2/h3-9H,1-2H3,(H,21,23,24). The molecule has 1 N–H and O–H groups in total. The number of ether oxygens (including phenoxy) is 1. The van der Waals surface area contributed by atoms with Crippen LogP contribution in [0.4, 0.5) is 5.82 Å². The Morgan fingerprint density at radius 1 is 1.16 bits per heavy atom. The second kappa shape index (κ2) is 7.23. The minimum atomic E-state index is -0.274. The van der Waals surface area contributed by atoms with E-state index in [9.17, 15) is 4.79 Å². The number of halogens is 1. The molecule has 0 aliphatic heterocycles. The van der Waals surface area contributed by atoms with E-state index in [1.54, 1.807) is 24.5 Å². The third-order valence-electron chi connectivity index (χ3n) is 3.45. The van der Waals surface area contributed by atoms with E-state index in [1.165, 1.54) is 25.7 Å². The van der Waals surface area contributed by atoms with Gasteiger partial charge < -0.3 is 10.1 Å². The number of amides is 1. The third-order valence-corrected chi connectivity index (χ3v) is 3.65. The Bertz CT molecular complexity index is 915. The number of aromatic nitrogens is 4. The van der Waals surface area contributed by atoms with Crippen molar-refractivity contribution in [3.63, 3.8) is 0 Å². The molecule has 0 unspecified atom stereocenters. The van der Waals surface area contributed by atoms with Gasteiger partial charge in [0.25, 0.3) is 5.91 Å². The Labute approximate surface area is 149 Å². The van der Waals surface area contributed by atoms with Crippen LogP contribution in [0.25, 0.3) is 11.3 Å². The molecule has 3 heterocycles. The van der Waals surface area contributed by atoms with Crippen LogP contribution < -0.4 is 10.1 Å². The summed E-state index contributed by atoms with van der Waals surface area (Å²) in [5.41, 5.74) is 2.45. The Morgan fingerprint density at radius 2 is 2.00 bits per heavy atom. The second-order valence-electron chi connectivity index (χ2n) is 5.14. The summed E-state index contributed by atoms with van der Waals surface area (Å²) in [4.78, 5) is 28.9. The number of nitrogens with zero attached hydrogens (tertiary/aromatic N) is 4. The molecule has 0 bridgehead atoms. The highest BCUT2D eigenvalue weighted by atomic mass is 35.5. The van der Waals surface area contributed by atoms with Crippen LogP contribution in [0.3, 0.4) is 0 Å². The first-order valence-corrected chi connectivity index (χ1v) is 7.70. The van der Waals surface area contributed by atoms with E-state index in [2.05, 4.69) is 25.3 Å². The lowest BCUT2D eigenvalue weighted by Gasteiger charge is -2.09. The molecule has 1 amide bonds. The van der Waals surface area contributed by atoms with Crippen molar-refractivity contribution in [2.45, 2.75) is 6.92 Å². The van der Waals surface area contributed by atoms with Gasteiger partial charge in [-0.2, -0.15) is 0 Å². The molecule has 7 nitrogen and oxygen atoms in total. The maximum Gasteiger partial charge on any atom is 0.257 e. The van der Waals surface area contributed by atoms with Crippen molar-refractivity contribution in [1.29, 1.82) is 0 Å². The van der Waals surface area contributed by atoms with Gasteiger partial charge in [-0.1, -0.05) is 11.6 Å². The number of methoxy groups -OCH3 is 1. The fourth-order valence-corrected chi connectivity index (χ4v) is 2.37. The number of carbonyl (C=O) groups excluding carboxylic acids is 1. The molecule has 0 spiro atoms. The molecular weight excluding hydrogens is 342 g/mol. The summed E-state index contributed by atoms with van der Waals surface area (Å²) in [5, 5.41) is 3.17. The van der Waals surface area contributed by atoms with Gasteiger partial charge in [0.15, 0.2) is 5.82 Å². The van der Waals surface area contributed by atoms with Gasteiger partial charge >= 0.3 is 0 Å². The normalized spacial score (nSPS) is 10.4. The van der Waals surface area contributed by atoms with E-state index < -0.39 is 0 Å². The van der Waals surface area contributed by atoms with Gasteiger partial charge in [-0.3, -0.25) is 14.8 Å². The van der Waals surface area contributed by atoms with Crippen LogP contribution in [-0.4, -0.2) is 33.0 Å². The van der Waals surface area contributed by atoms with Crippen molar-refractivity contribution in [1.82, 2.24) is 19.9 Å². The van der Waals surface area contributed by atoms with Gasteiger partial charge in [-0.05, 0) is 24.6 Å². The molecule has 3 aromatic rings. The molecule has 3 aromatic heterocycles. The first-order valence-electron chi connectivity index (χ1n) is 7.32. The van der Waals surface area contributed by atoms with Crippen molar-refractivity contribution in [3.8, 4) is 17.1 Å². The Kier molecular flexibility index (Phi) is 4.85. The van der Waals surface area contributed by atoms with Crippen LogP contribution in [0, 0.1) is 6.92 Å². The van der Waals surface area contributed by atoms with Crippen LogP contribution >= 0.6 is 11.6 Å². The van der Waals surface area contributed by atoms with E-state index >= 15 is 0 Å². The molecule has 25 heavy (non-hydrogen) atoms. The van der Waals surface area contributed by atoms with E-state index in [1.807, 2.05) is 6.92 Å². The fourth-order valence-electron chi connectivity index (χ4n) is 2.22. The summed E-state index contributed by atoms with van der Waals surface area (Å²) in [6, 6.07) is 3.34. The zero-order chi connectivity index (χ0) is 17.8. The number of nitrogens with one attached hydrogen (secondary N) is 1. The molecule has 0 aliphatic rings. The zero-order valence-corrected chi connectivity index (χ0v) is 14.3. The molecule has 126 valence electrons. The Morgan fingerprint density at radius 3 is 2.68 bits per heavy atom. The predicted octanol–water partition coefficient (Wildman–Crippen LogP) is 3.16. The minimum absolute atomic E-state index is 0.274. The first kappa shape index (κ1) is 16.8. The molecule has 3 rings (SSSR count). The third kappa shape index (κ3) is 3.72. The largest absolute Gasteiger partial charge is 0.481 e. The molecule has 0 atom stereocenters. The quantitative estimate of drug-likeness (QED) is 0.773. The fraction of sp³-hybridized carbons (Fsp3) is 0.118. The van der Waals surface area contributed by atoms with E-state index in [4.69, 9.17) is 16.3 Å². The van der Waals surface area contributed by atoms with E-state index in [0.29, 0.717) is 33.5 Å². The van der Waals surface area contributed by atoms with Gasteiger partial charge in [-0.15, -0.1) is 0 Å². The number of pyridine rings is 2. The van der Waals surface area contributed by atoms with Gasteiger partial charge in [0.1, 0.15) is 0 Å². The van der Waals surface area contributed by atoms with Gasteiger partial charge in [-0.25, -0.2) is 9.97 Å². The zero-order valence-electron chi connectivity index (χ0n) is 13.5. The van der Waals surface area contributed by atoms with Gasteiger partial charge in [0.2, 0.25) is 5.88 Å². The number of anilines is 1. The minimum Gasteiger partial charge on any atom is -0.481 e. The van der Waals surface area contributed by atoms with Gasteiger partial charge in [0, 0.05) is 24.2 Å². The lowest BCUT2D eigenvalue weighted by Crippen LogP contribution is -2.14. The summed E-state index contributed by atoms with van der Waals surface area (Å²) >= 11 is 5.98. The first-order chi connectivity index (χ1) is 12.1. The molecule has 0 aromatic carbocycles. The maximum atomic E-state index is 12.3. The van der Waals surface area contributed by atoms with Crippen LogP contribution in [0.2, 0.25) is 5.02 Å². The summed E-state index contributed by atoms with van der Waals surface area (Å²) < 4.78 is 5.21. The molecular formula is C17H14ClN5O2. The summed E-state index contributed by atoms with van der Waals surface area (Å²) in [6.45, 7) is 1.81. The number of rotatable bonds is 4. The highest BCUT2D eigenvalue weighted by Crippen LogP contribution is 2.28. The van der Waals surface area contributed by atoms with Crippen molar-refractivity contribution in [3.05, 3.63) is 59.3 Å². The van der Waals surface area contributed by atoms with Crippen LogP contribution in [0.5, 0.6) is 5.88 Å².